The van der Waals surface area contributed by atoms with Gasteiger partial charge in [0.15, 0.2) is 0 Å². The second-order valence-electron chi connectivity index (χ2n) is 7.83. The summed E-state index contributed by atoms with van der Waals surface area (Å²) in [4.78, 5) is 39.6. The molecule has 0 bridgehead atoms. The number of nitrogens with one attached hydrogen (secondary N) is 1. The van der Waals surface area contributed by atoms with Gasteiger partial charge < -0.3 is 14.5 Å². The van der Waals surface area contributed by atoms with E-state index >= 15 is 0 Å². The quantitative estimate of drug-likeness (QED) is 0.501. The predicted octanol–water partition coefficient (Wildman–Crippen LogP) is 3.78. The molecule has 0 spiro atoms. The molecule has 7 heteroatoms. The second-order valence-corrected chi connectivity index (χ2v) is 7.83. The van der Waals surface area contributed by atoms with E-state index < -0.39 is 17.2 Å². The number of aryl methyl sites for hydroxylation is 2. The number of imide groups is 1. The number of carbonyl (C=O) groups excluding carboxylic acids is 2. The Kier molecular flexibility index (Phi) is 5.05. The minimum atomic E-state index is -1.16. The highest BCUT2D eigenvalue weighted by Gasteiger charge is 2.51. The minimum absolute atomic E-state index is 0.0207. The molecule has 4 rings (SSSR count). The van der Waals surface area contributed by atoms with Crippen LogP contribution in [-0.4, -0.2) is 23.9 Å². The van der Waals surface area contributed by atoms with Crippen molar-refractivity contribution >= 4 is 22.9 Å². The molecule has 0 radical (unpaired) electrons. The van der Waals surface area contributed by atoms with Crippen LogP contribution in [0.2, 0.25) is 0 Å². The summed E-state index contributed by atoms with van der Waals surface area (Å²) in [5.74, 6) is 0.312. The number of benzene rings is 2. The fourth-order valence-corrected chi connectivity index (χ4v) is 4.07. The van der Waals surface area contributed by atoms with E-state index in [0.717, 1.165) is 16.0 Å². The number of nitrogens with zero attached hydrogens (tertiary/aromatic N) is 1. The van der Waals surface area contributed by atoms with Gasteiger partial charge in [0.05, 0.1) is 13.7 Å². The van der Waals surface area contributed by atoms with Gasteiger partial charge in [0.25, 0.3) is 5.91 Å². The van der Waals surface area contributed by atoms with Crippen molar-refractivity contribution in [1.82, 2.24) is 10.2 Å². The van der Waals surface area contributed by atoms with Gasteiger partial charge in [-0.1, -0.05) is 19.1 Å². The number of ether oxygens (including phenoxy) is 1. The number of fused-ring (bicyclic) bond motifs is 1. The van der Waals surface area contributed by atoms with Crippen LogP contribution in [0, 0.1) is 13.8 Å². The van der Waals surface area contributed by atoms with Crippen LogP contribution in [0.4, 0.5) is 4.79 Å². The molecule has 0 aliphatic carbocycles. The van der Waals surface area contributed by atoms with Gasteiger partial charge >= 0.3 is 11.7 Å². The first-order chi connectivity index (χ1) is 14.8. The smallest absolute Gasteiger partial charge is 0.336 e. The van der Waals surface area contributed by atoms with Crippen LogP contribution in [0.15, 0.2) is 51.7 Å². The third kappa shape index (κ3) is 3.36. The summed E-state index contributed by atoms with van der Waals surface area (Å²) in [5, 5.41) is 3.58. The maximum atomic E-state index is 13.5. The maximum absolute atomic E-state index is 13.5. The Morgan fingerprint density at radius 1 is 1.03 bits per heavy atom. The third-order valence-corrected chi connectivity index (χ3v) is 6.06. The second kappa shape index (κ2) is 7.58. The monoisotopic (exact) mass is 420 g/mol. The molecule has 1 atom stereocenters. The van der Waals surface area contributed by atoms with Crippen molar-refractivity contribution in [2.75, 3.05) is 7.11 Å². The summed E-state index contributed by atoms with van der Waals surface area (Å²) in [7, 11) is 1.57. The van der Waals surface area contributed by atoms with Gasteiger partial charge in [-0.3, -0.25) is 9.69 Å². The third-order valence-electron chi connectivity index (χ3n) is 6.06. The molecule has 0 unspecified atom stereocenters. The average molecular weight is 420 g/mol. The van der Waals surface area contributed by atoms with E-state index in [1.54, 1.807) is 37.4 Å². The SMILES string of the molecule is CC[C@]1(c2ccc(OC)cc2)NC(=O)N(Cc2cc(=O)oc3cc(C)c(C)cc23)C1=O. The fourth-order valence-electron chi connectivity index (χ4n) is 4.07. The molecule has 3 aromatic rings. The number of amides is 3. The van der Waals surface area contributed by atoms with Crippen molar-refractivity contribution in [2.24, 2.45) is 0 Å². The zero-order chi connectivity index (χ0) is 22.3. The van der Waals surface area contributed by atoms with Crippen LogP contribution in [-0.2, 0) is 16.9 Å². The molecular formula is C24H24N2O5. The van der Waals surface area contributed by atoms with Crippen molar-refractivity contribution in [1.29, 1.82) is 0 Å². The summed E-state index contributed by atoms with van der Waals surface area (Å²) in [6.45, 7) is 5.73. The van der Waals surface area contributed by atoms with Gasteiger partial charge in [-0.2, -0.15) is 0 Å². The number of carbonyl (C=O) groups is 2. The number of hydrogen-bond acceptors (Lipinski definition) is 5. The minimum Gasteiger partial charge on any atom is -0.497 e. The van der Waals surface area contributed by atoms with Crippen molar-refractivity contribution < 1.29 is 18.7 Å². The van der Waals surface area contributed by atoms with Crippen molar-refractivity contribution in [3.05, 3.63) is 75.1 Å². The van der Waals surface area contributed by atoms with Gasteiger partial charge in [-0.05, 0) is 66.8 Å². The van der Waals surface area contributed by atoms with Crippen molar-refractivity contribution in [3.8, 4) is 5.75 Å². The summed E-state index contributed by atoms with van der Waals surface area (Å²) >= 11 is 0. The summed E-state index contributed by atoms with van der Waals surface area (Å²) < 4.78 is 10.5. The highest BCUT2D eigenvalue weighted by atomic mass is 16.5. The lowest BCUT2D eigenvalue weighted by Crippen LogP contribution is -2.43. The molecule has 31 heavy (non-hydrogen) atoms. The summed E-state index contributed by atoms with van der Waals surface area (Å²) in [6, 6.07) is 11.6. The van der Waals surface area contributed by atoms with E-state index in [0.29, 0.717) is 34.3 Å². The Bertz CT molecular complexity index is 1250. The van der Waals surface area contributed by atoms with Crippen LogP contribution in [0.5, 0.6) is 5.75 Å². The largest absolute Gasteiger partial charge is 0.497 e. The predicted molar refractivity (Wildman–Crippen MR) is 116 cm³/mol. The summed E-state index contributed by atoms with van der Waals surface area (Å²) in [6.07, 6.45) is 0.385. The van der Waals surface area contributed by atoms with E-state index in [1.165, 1.54) is 6.07 Å². The molecule has 160 valence electrons. The Morgan fingerprint density at radius 2 is 1.71 bits per heavy atom. The lowest BCUT2D eigenvalue weighted by molar-refractivity contribution is -0.132. The van der Waals surface area contributed by atoms with E-state index in [2.05, 4.69) is 5.32 Å². The van der Waals surface area contributed by atoms with Crippen LogP contribution >= 0.6 is 0 Å². The van der Waals surface area contributed by atoms with Crippen LogP contribution in [0.1, 0.15) is 35.6 Å². The Balaban J connectivity index is 1.74. The lowest BCUT2D eigenvalue weighted by Gasteiger charge is -2.26. The van der Waals surface area contributed by atoms with Crippen molar-refractivity contribution in [2.45, 2.75) is 39.3 Å². The highest BCUT2D eigenvalue weighted by molar-refractivity contribution is 6.07. The summed E-state index contributed by atoms with van der Waals surface area (Å²) in [5.41, 5.74) is 2.03. The van der Waals surface area contributed by atoms with E-state index in [4.69, 9.17) is 9.15 Å². The van der Waals surface area contributed by atoms with Gasteiger partial charge in [-0.25, -0.2) is 9.59 Å². The van der Waals surface area contributed by atoms with Gasteiger partial charge in [0, 0.05) is 11.5 Å². The van der Waals surface area contributed by atoms with Gasteiger partial charge in [0.1, 0.15) is 16.9 Å². The van der Waals surface area contributed by atoms with E-state index in [-0.39, 0.29) is 12.5 Å². The molecule has 2 heterocycles. The number of methoxy groups -OCH3 is 1. The standard InChI is InChI=1S/C24H24N2O5/c1-5-24(17-6-8-18(30-4)9-7-17)22(28)26(23(29)25-24)13-16-12-21(27)31-20-11-15(3)14(2)10-19(16)20/h6-12H,5,13H2,1-4H3,(H,25,29)/t24-/m1/s1. The normalized spacial score (nSPS) is 18.5. The lowest BCUT2D eigenvalue weighted by atomic mass is 9.87. The van der Waals surface area contributed by atoms with E-state index in [1.807, 2.05) is 26.8 Å². The first kappa shape index (κ1) is 20.7. The van der Waals surface area contributed by atoms with Crippen molar-refractivity contribution in [3.63, 3.8) is 0 Å². The molecule has 1 saturated heterocycles. The zero-order valence-electron chi connectivity index (χ0n) is 17.9. The fraction of sp³-hybridized carbons (Fsp3) is 0.292. The molecule has 1 aromatic heterocycles. The molecule has 2 aromatic carbocycles. The van der Waals surface area contributed by atoms with Crippen LogP contribution < -0.4 is 15.7 Å². The Hall–Kier alpha value is -3.61. The Labute approximate surface area is 179 Å². The maximum Gasteiger partial charge on any atom is 0.336 e. The van der Waals surface area contributed by atoms with E-state index in [9.17, 15) is 14.4 Å². The topological polar surface area (TPSA) is 88.8 Å². The molecule has 1 aliphatic rings. The molecule has 1 aliphatic heterocycles. The molecule has 1 fully saturated rings. The number of hydrogen-bond donors (Lipinski definition) is 1. The first-order valence-electron chi connectivity index (χ1n) is 10.1. The molecule has 1 N–H and O–H groups in total. The Morgan fingerprint density at radius 3 is 2.35 bits per heavy atom. The molecule has 0 saturated carbocycles. The average Bonchev–Trinajstić information content (AvgIpc) is 3.00. The first-order valence-corrected chi connectivity index (χ1v) is 10.1. The number of urea groups is 1. The highest BCUT2D eigenvalue weighted by Crippen LogP contribution is 2.34. The molecular weight excluding hydrogens is 396 g/mol. The molecule has 7 nitrogen and oxygen atoms in total. The van der Waals surface area contributed by atoms with Crippen LogP contribution in [0.3, 0.4) is 0 Å². The van der Waals surface area contributed by atoms with Crippen LogP contribution in [0.25, 0.3) is 11.0 Å². The van der Waals surface area contributed by atoms with Gasteiger partial charge in [0.2, 0.25) is 0 Å². The molecule has 3 amide bonds. The number of rotatable bonds is 5. The van der Waals surface area contributed by atoms with Gasteiger partial charge in [-0.15, -0.1) is 0 Å². The zero-order valence-corrected chi connectivity index (χ0v) is 17.9.